The number of hydrogen-bond donors (Lipinski definition) is 1. The van der Waals surface area contributed by atoms with E-state index < -0.39 is 10.7 Å². The van der Waals surface area contributed by atoms with E-state index in [1.165, 1.54) is 32.0 Å². The maximum atomic E-state index is 11.2. The van der Waals surface area contributed by atoms with Gasteiger partial charge in [-0.25, -0.2) is 0 Å². The number of nitro benzene ring substituents is 1. The lowest BCUT2D eigenvalue weighted by Gasteiger charge is -2.00. The van der Waals surface area contributed by atoms with Gasteiger partial charge in [-0.2, -0.15) is 0 Å². The molecule has 0 aliphatic heterocycles. The van der Waals surface area contributed by atoms with Gasteiger partial charge in [0.2, 0.25) is 0 Å². The predicted molar refractivity (Wildman–Crippen MR) is 68.6 cm³/mol. The summed E-state index contributed by atoms with van der Waals surface area (Å²) in [6, 6.07) is 4.02. The van der Waals surface area contributed by atoms with Crippen LogP contribution < -0.4 is 0 Å². The molecule has 0 fully saturated rings. The zero-order chi connectivity index (χ0) is 14.6. The van der Waals surface area contributed by atoms with E-state index in [1.807, 2.05) is 0 Å². The van der Waals surface area contributed by atoms with Gasteiger partial charge in [0.15, 0.2) is 17.2 Å². The fourth-order valence-corrected chi connectivity index (χ4v) is 1.46. The van der Waals surface area contributed by atoms with E-state index >= 15 is 0 Å². The van der Waals surface area contributed by atoms with Gasteiger partial charge in [0.05, 0.1) is 9.95 Å². The predicted octanol–water partition coefficient (Wildman–Crippen LogP) is 3.71. The minimum atomic E-state index is -0.664. The summed E-state index contributed by atoms with van der Waals surface area (Å²) in [6.07, 6.45) is 0. The van der Waals surface area contributed by atoms with Crippen molar-refractivity contribution in [2.75, 3.05) is 0 Å². The molecule has 0 saturated heterocycles. The molecule has 7 nitrogen and oxygen atoms in total. The molecule has 100 valence electrons. The lowest BCUT2D eigenvalue weighted by Crippen LogP contribution is -1.96. The number of allylic oxidation sites excluding steroid dienone is 2. The number of halogens is 1. The maximum absolute atomic E-state index is 11.2. The summed E-state index contributed by atoms with van der Waals surface area (Å²) in [5, 5.41) is 27.2. The summed E-state index contributed by atoms with van der Waals surface area (Å²) in [6.45, 7) is 2.45. The number of nitro groups is 1. The van der Waals surface area contributed by atoms with Gasteiger partial charge in [-0.3, -0.25) is 14.9 Å². The Balaban J connectivity index is 3.30. The number of ketones is 1. The van der Waals surface area contributed by atoms with Gasteiger partial charge in [0.25, 0.3) is 5.69 Å². The van der Waals surface area contributed by atoms with Gasteiger partial charge < -0.3 is 5.11 Å². The topological polar surface area (TPSA) is 105 Å². The van der Waals surface area contributed by atoms with E-state index in [0.29, 0.717) is 0 Å². The molecule has 8 heteroatoms. The first-order valence-corrected chi connectivity index (χ1v) is 5.47. The van der Waals surface area contributed by atoms with Crippen LogP contribution in [0.3, 0.4) is 0 Å². The molecule has 0 unspecified atom stereocenters. The highest BCUT2D eigenvalue weighted by Gasteiger charge is 2.17. The number of hydrogen-bond acceptors (Lipinski definition) is 6. The molecule has 1 aromatic carbocycles. The Morgan fingerprint density at radius 2 is 2.05 bits per heavy atom. The highest BCUT2D eigenvalue weighted by molar-refractivity contribution is 6.33. The first-order valence-electron chi connectivity index (χ1n) is 5.10. The zero-order valence-electron chi connectivity index (χ0n) is 10.1. The zero-order valence-corrected chi connectivity index (χ0v) is 10.9. The number of carbonyl (C=O) groups is 1. The van der Waals surface area contributed by atoms with Gasteiger partial charge in [0, 0.05) is 13.0 Å². The van der Waals surface area contributed by atoms with E-state index in [9.17, 15) is 20.0 Å². The molecule has 1 aromatic rings. The monoisotopic (exact) mass is 283 g/mol. The van der Waals surface area contributed by atoms with E-state index in [-0.39, 0.29) is 27.9 Å². The molecule has 0 heterocycles. The van der Waals surface area contributed by atoms with Crippen LogP contribution in [0.1, 0.15) is 13.8 Å². The molecule has 19 heavy (non-hydrogen) atoms. The summed E-state index contributed by atoms with van der Waals surface area (Å²) in [5.74, 6) is -0.843. The van der Waals surface area contributed by atoms with E-state index in [2.05, 4.69) is 10.2 Å². The van der Waals surface area contributed by atoms with Crippen molar-refractivity contribution in [2.45, 2.75) is 13.8 Å². The summed E-state index contributed by atoms with van der Waals surface area (Å²) in [7, 11) is 0. The Morgan fingerprint density at radius 1 is 1.42 bits per heavy atom. The number of Topliss-reactive ketones (excluding diaryl/α,β-unsaturated/α-hetero) is 1. The number of nitrogens with zero attached hydrogens (tertiary/aromatic N) is 3. The summed E-state index contributed by atoms with van der Waals surface area (Å²) < 4.78 is 0. The van der Waals surface area contributed by atoms with Crippen molar-refractivity contribution in [1.82, 2.24) is 0 Å². The molecule has 1 rings (SSSR count). The van der Waals surface area contributed by atoms with Gasteiger partial charge in [-0.15, -0.1) is 10.2 Å². The normalized spacial score (nSPS) is 12.4. The van der Waals surface area contributed by atoms with Crippen molar-refractivity contribution in [2.24, 2.45) is 10.2 Å². The van der Waals surface area contributed by atoms with Crippen molar-refractivity contribution >= 4 is 28.8 Å². The average molecular weight is 284 g/mol. The number of aliphatic hydroxyl groups excluding tert-OH is 1. The molecular weight excluding hydrogens is 274 g/mol. The molecule has 0 aliphatic carbocycles. The molecule has 0 amide bonds. The smallest absolute Gasteiger partial charge is 0.298 e. The largest absolute Gasteiger partial charge is 0.510 e. The second-order valence-corrected chi connectivity index (χ2v) is 3.96. The molecular formula is C11H10ClN3O4. The Morgan fingerprint density at radius 3 is 2.53 bits per heavy atom. The first kappa shape index (κ1) is 14.8. The molecule has 0 aromatic heterocycles. The number of carbonyl (C=O) groups excluding carboxylic acids is 1. The number of azo groups is 1. The standard InChI is InChI=1S/C11H10ClN3O4/c1-6(16)10(7(2)17)13-14-11-8(12)4-3-5-9(11)15(18)19/h3-5,16H,1-2H3/b10-6-,14-13?. The molecule has 0 saturated carbocycles. The lowest BCUT2D eigenvalue weighted by atomic mass is 10.3. The maximum Gasteiger partial charge on any atom is 0.298 e. The summed E-state index contributed by atoms with van der Waals surface area (Å²) in [4.78, 5) is 21.3. The van der Waals surface area contributed by atoms with Crippen LogP contribution >= 0.6 is 11.6 Å². The third-order valence-corrected chi connectivity index (χ3v) is 2.39. The third-order valence-electron chi connectivity index (χ3n) is 2.09. The molecule has 0 aliphatic rings. The van der Waals surface area contributed by atoms with E-state index in [0.717, 1.165) is 0 Å². The molecule has 0 bridgehead atoms. The molecule has 0 atom stereocenters. The van der Waals surface area contributed by atoms with Crippen molar-refractivity contribution in [3.05, 3.63) is 44.8 Å². The summed E-state index contributed by atoms with van der Waals surface area (Å²) >= 11 is 5.79. The Hall–Kier alpha value is -2.28. The number of benzene rings is 1. The van der Waals surface area contributed by atoms with Gasteiger partial charge >= 0.3 is 0 Å². The highest BCUT2D eigenvalue weighted by atomic mass is 35.5. The highest BCUT2D eigenvalue weighted by Crippen LogP contribution is 2.35. The second-order valence-electron chi connectivity index (χ2n) is 3.55. The van der Waals surface area contributed by atoms with Crippen molar-refractivity contribution < 1.29 is 14.8 Å². The Labute approximate surface area is 113 Å². The molecule has 0 radical (unpaired) electrons. The third kappa shape index (κ3) is 3.59. The van der Waals surface area contributed by atoms with Crippen LogP contribution in [0.2, 0.25) is 5.02 Å². The van der Waals surface area contributed by atoms with Gasteiger partial charge in [-0.05, 0) is 13.0 Å². The van der Waals surface area contributed by atoms with Crippen molar-refractivity contribution in [3.63, 3.8) is 0 Å². The quantitative estimate of drug-likeness (QED) is 0.299. The minimum Gasteiger partial charge on any atom is -0.510 e. The van der Waals surface area contributed by atoms with Crippen molar-refractivity contribution in [1.29, 1.82) is 0 Å². The van der Waals surface area contributed by atoms with Crippen LogP contribution in [-0.4, -0.2) is 15.8 Å². The van der Waals surface area contributed by atoms with Crippen LogP contribution in [0.15, 0.2) is 39.9 Å². The lowest BCUT2D eigenvalue weighted by molar-refractivity contribution is -0.384. The van der Waals surface area contributed by atoms with Gasteiger partial charge in [-0.1, -0.05) is 17.7 Å². The number of rotatable bonds is 4. The summed E-state index contributed by atoms with van der Waals surface area (Å²) in [5.41, 5.74) is -0.793. The van der Waals surface area contributed by atoms with Crippen LogP contribution in [0.25, 0.3) is 0 Å². The molecule has 1 N–H and O–H groups in total. The fourth-order valence-electron chi connectivity index (χ4n) is 1.25. The second kappa shape index (κ2) is 6.05. The van der Waals surface area contributed by atoms with E-state index in [4.69, 9.17) is 11.6 Å². The fraction of sp³-hybridized carbons (Fsp3) is 0.182. The van der Waals surface area contributed by atoms with Crippen molar-refractivity contribution in [3.8, 4) is 0 Å². The minimum absolute atomic E-state index is 0.0245. The van der Waals surface area contributed by atoms with Crippen LogP contribution in [0.4, 0.5) is 11.4 Å². The Bertz CT molecular complexity index is 592. The molecule has 0 spiro atoms. The Kier molecular flexibility index (Phi) is 4.71. The average Bonchev–Trinajstić information content (AvgIpc) is 2.29. The van der Waals surface area contributed by atoms with Gasteiger partial charge in [0.1, 0.15) is 5.76 Å². The first-order chi connectivity index (χ1) is 8.84. The van der Waals surface area contributed by atoms with Crippen LogP contribution in [-0.2, 0) is 4.79 Å². The number of aliphatic hydroxyl groups is 1. The van der Waals surface area contributed by atoms with Crippen LogP contribution in [0.5, 0.6) is 0 Å². The SMILES string of the molecule is CC(=O)/C(N=Nc1c(Cl)cccc1[N+](=O)[O-])=C(\C)O. The van der Waals surface area contributed by atoms with E-state index in [1.54, 1.807) is 0 Å². The van der Waals surface area contributed by atoms with Crippen LogP contribution in [0, 0.1) is 10.1 Å².